The van der Waals surface area contributed by atoms with Crippen LogP contribution in [0.4, 0.5) is 0 Å². The number of ether oxygens (including phenoxy) is 1. The minimum absolute atomic E-state index is 0.125. The van der Waals surface area contributed by atoms with Crippen molar-refractivity contribution < 1.29 is 9.53 Å². The zero-order valence-electron chi connectivity index (χ0n) is 22.3. The third kappa shape index (κ3) is 3.85. The van der Waals surface area contributed by atoms with Crippen molar-refractivity contribution in [3.05, 3.63) is 12.2 Å². The molecule has 2 heteroatoms. The summed E-state index contributed by atoms with van der Waals surface area (Å²) in [7, 11) is 0. The van der Waals surface area contributed by atoms with Gasteiger partial charge in [-0.15, -0.1) is 0 Å². The summed E-state index contributed by atoms with van der Waals surface area (Å²) in [5.41, 5.74) is 1.53. The highest BCUT2D eigenvalue weighted by molar-refractivity contribution is 5.90. The van der Waals surface area contributed by atoms with Crippen molar-refractivity contribution in [2.45, 2.75) is 124 Å². The van der Waals surface area contributed by atoms with E-state index in [1.54, 1.807) is 0 Å². The fraction of sp³-hybridized carbons (Fsp3) is 0.903. The Morgan fingerprint density at radius 1 is 0.939 bits per heavy atom. The molecule has 0 radical (unpaired) electrons. The number of carbonyl (C=O) groups excluding carboxylic acids is 1. The molecule has 4 saturated carbocycles. The van der Waals surface area contributed by atoms with Crippen LogP contribution in [0.2, 0.25) is 0 Å². The first-order valence-electron chi connectivity index (χ1n) is 14.5. The number of hydrogen-bond acceptors (Lipinski definition) is 2. The van der Waals surface area contributed by atoms with Crippen molar-refractivity contribution in [2.75, 3.05) is 0 Å². The Balaban J connectivity index is 1.28. The summed E-state index contributed by atoms with van der Waals surface area (Å²) in [5, 5.41) is 0. The van der Waals surface area contributed by atoms with Crippen LogP contribution < -0.4 is 0 Å². The van der Waals surface area contributed by atoms with Gasteiger partial charge in [0, 0.05) is 12.0 Å². The Morgan fingerprint density at radius 2 is 1.70 bits per heavy atom. The Hall–Kier alpha value is -0.790. The summed E-state index contributed by atoms with van der Waals surface area (Å²) in [6, 6.07) is 0. The summed E-state index contributed by atoms with van der Waals surface area (Å²) >= 11 is 0. The molecule has 4 aliphatic carbocycles. The molecular formula is C31H50O2. The Morgan fingerprint density at radius 3 is 2.39 bits per heavy atom. The molecule has 5 aliphatic rings. The predicted octanol–water partition coefficient (Wildman–Crippen LogP) is 8.35. The molecule has 0 aromatic carbocycles. The van der Waals surface area contributed by atoms with Crippen LogP contribution in [-0.2, 0) is 9.53 Å². The first-order valence-corrected chi connectivity index (χ1v) is 14.5. The highest BCUT2D eigenvalue weighted by Gasteiger charge is 2.62. The normalized spacial score (nSPS) is 47.9. The lowest BCUT2D eigenvalue weighted by Crippen LogP contribution is -2.56. The SMILES string of the molecule is C=C1CC2(CCC3(C)C(CCC4C3CCC3(C)C(C(C)CCCC(C)C)CCC43)C2)OC1=O. The molecule has 0 amide bonds. The van der Waals surface area contributed by atoms with Gasteiger partial charge < -0.3 is 4.74 Å². The van der Waals surface area contributed by atoms with Crippen LogP contribution in [0.25, 0.3) is 0 Å². The average Bonchev–Trinajstić information content (AvgIpc) is 3.24. The van der Waals surface area contributed by atoms with E-state index in [1.165, 1.54) is 64.2 Å². The van der Waals surface area contributed by atoms with E-state index in [0.29, 0.717) is 16.4 Å². The molecule has 1 saturated heterocycles. The highest BCUT2D eigenvalue weighted by Crippen LogP contribution is 2.69. The monoisotopic (exact) mass is 454 g/mol. The van der Waals surface area contributed by atoms with Gasteiger partial charge in [0.15, 0.2) is 0 Å². The molecular weight excluding hydrogens is 404 g/mol. The van der Waals surface area contributed by atoms with Gasteiger partial charge in [0.05, 0.1) is 0 Å². The third-order valence-corrected chi connectivity index (χ3v) is 12.1. The maximum Gasteiger partial charge on any atom is 0.334 e. The number of esters is 1. The predicted molar refractivity (Wildman–Crippen MR) is 136 cm³/mol. The van der Waals surface area contributed by atoms with Crippen molar-refractivity contribution >= 4 is 5.97 Å². The second kappa shape index (κ2) is 8.41. The van der Waals surface area contributed by atoms with E-state index in [4.69, 9.17) is 4.74 Å². The standard InChI is InChI=1S/C31H50O2/c1-20(2)8-7-9-21(3)25-12-13-26-24-11-10-23-19-31(18-22(4)28(32)33-31)17-16-29(23,5)27(24)14-15-30(25,26)6/h20-21,23-27H,4,7-19H2,1-3,5-6H3. The van der Waals surface area contributed by atoms with E-state index in [1.807, 2.05) is 0 Å². The zero-order chi connectivity index (χ0) is 23.6. The lowest BCUT2D eigenvalue weighted by molar-refractivity contribution is -0.170. The smallest absolute Gasteiger partial charge is 0.334 e. The summed E-state index contributed by atoms with van der Waals surface area (Å²) in [6.07, 6.45) is 17.1. The second-order valence-electron chi connectivity index (χ2n) is 14.2. The maximum atomic E-state index is 12.1. The van der Waals surface area contributed by atoms with E-state index in [0.717, 1.165) is 60.7 Å². The fourth-order valence-electron chi connectivity index (χ4n) is 10.4. The number of carbonyl (C=O) groups is 1. The average molecular weight is 455 g/mol. The van der Waals surface area contributed by atoms with Crippen LogP contribution in [0.5, 0.6) is 0 Å². The van der Waals surface area contributed by atoms with Gasteiger partial charge >= 0.3 is 5.97 Å². The van der Waals surface area contributed by atoms with Crippen molar-refractivity contribution in [1.29, 1.82) is 0 Å². The number of rotatable bonds is 5. The molecule has 0 N–H and O–H groups in total. The highest BCUT2D eigenvalue weighted by atomic mass is 16.6. The van der Waals surface area contributed by atoms with Gasteiger partial charge in [0.25, 0.3) is 0 Å². The molecule has 33 heavy (non-hydrogen) atoms. The summed E-state index contributed by atoms with van der Waals surface area (Å²) < 4.78 is 5.97. The van der Waals surface area contributed by atoms with Crippen LogP contribution in [0.1, 0.15) is 118 Å². The molecule has 9 atom stereocenters. The Bertz CT molecular complexity index is 766. The molecule has 1 spiro atoms. The van der Waals surface area contributed by atoms with E-state index in [9.17, 15) is 4.79 Å². The van der Waals surface area contributed by atoms with E-state index in [2.05, 4.69) is 41.2 Å². The van der Waals surface area contributed by atoms with Crippen LogP contribution in [0.3, 0.4) is 0 Å². The van der Waals surface area contributed by atoms with Gasteiger partial charge in [0.2, 0.25) is 0 Å². The van der Waals surface area contributed by atoms with Gasteiger partial charge in [-0.1, -0.05) is 60.5 Å². The zero-order valence-corrected chi connectivity index (χ0v) is 22.3. The van der Waals surface area contributed by atoms with Crippen molar-refractivity contribution in [3.8, 4) is 0 Å². The molecule has 0 bridgehead atoms. The van der Waals surface area contributed by atoms with Crippen molar-refractivity contribution in [3.63, 3.8) is 0 Å². The van der Waals surface area contributed by atoms with Gasteiger partial charge in [-0.3, -0.25) is 0 Å². The lowest BCUT2D eigenvalue weighted by Gasteiger charge is -2.62. The molecule has 0 aromatic heterocycles. The first-order chi connectivity index (χ1) is 15.6. The third-order valence-electron chi connectivity index (χ3n) is 12.1. The van der Waals surface area contributed by atoms with Crippen molar-refractivity contribution in [1.82, 2.24) is 0 Å². The van der Waals surface area contributed by atoms with Gasteiger partial charge in [-0.2, -0.15) is 0 Å². The van der Waals surface area contributed by atoms with Crippen LogP contribution in [0.15, 0.2) is 12.2 Å². The molecule has 1 aliphatic heterocycles. The van der Waals surface area contributed by atoms with E-state index < -0.39 is 0 Å². The molecule has 5 fully saturated rings. The Kier molecular flexibility index (Phi) is 6.10. The molecule has 186 valence electrons. The minimum Gasteiger partial charge on any atom is -0.455 e. The van der Waals surface area contributed by atoms with Crippen LogP contribution in [0, 0.1) is 52.3 Å². The largest absolute Gasteiger partial charge is 0.455 e. The molecule has 0 aromatic rings. The summed E-state index contributed by atoms with van der Waals surface area (Å²) in [6.45, 7) is 16.7. The fourth-order valence-corrected chi connectivity index (χ4v) is 10.4. The molecule has 2 nitrogen and oxygen atoms in total. The Labute approximate surface area is 203 Å². The van der Waals surface area contributed by atoms with Crippen LogP contribution >= 0.6 is 0 Å². The number of hydrogen-bond donors (Lipinski definition) is 0. The molecule has 9 unspecified atom stereocenters. The van der Waals surface area contributed by atoms with E-state index >= 15 is 0 Å². The van der Waals surface area contributed by atoms with Gasteiger partial charge in [-0.05, 0) is 110 Å². The van der Waals surface area contributed by atoms with Crippen molar-refractivity contribution in [2.24, 2.45) is 52.3 Å². The van der Waals surface area contributed by atoms with Crippen LogP contribution in [-0.4, -0.2) is 11.6 Å². The number of fused-ring (bicyclic) bond motifs is 5. The minimum atomic E-state index is -0.210. The maximum absolute atomic E-state index is 12.1. The topological polar surface area (TPSA) is 26.3 Å². The quantitative estimate of drug-likeness (QED) is 0.308. The second-order valence-corrected chi connectivity index (χ2v) is 14.2. The summed E-state index contributed by atoms with van der Waals surface area (Å²) in [4.78, 5) is 12.1. The van der Waals surface area contributed by atoms with Gasteiger partial charge in [0.1, 0.15) is 5.60 Å². The molecule has 5 rings (SSSR count). The first kappa shape index (κ1) is 23.9. The summed E-state index contributed by atoms with van der Waals surface area (Å²) in [5.74, 6) is 6.06. The molecule has 1 heterocycles. The lowest BCUT2D eigenvalue weighted by atomic mass is 9.43. The van der Waals surface area contributed by atoms with E-state index in [-0.39, 0.29) is 11.6 Å². The van der Waals surface area contributed by atoms with Gasteiger partial charge in [-0.25, -0.2) is 4.79 Å².